The summed E-state index contributed by atoms with van der Waals surface area (Å²) >= 11 is 1.45. The fourth-order valence-corrected chi connectivity index (χ4v) is 2.57. The summed E-state index contributed by atoms with van der Waals surface area (Å²) in [6.45, 7) is 4.40. The summed E-state index contributed by atoms with van der Waals surface area (Å²) < 4.78 is 10.8. The Hall–Kier alpha value is -2.52. The monoisotopic (exact) mass is 315 g/mol. The van der Waals surface area contributed by atoms with Crippen molar-refractivity contribution in [2.24, 2.45) is 0 Å². The zero-order valence-corrected chi connectivity index (χ0v) is 13.5. The maximum absolute atomic E-state index is 9.25. The highest BCUT2D eigenvalue weighted by atomic mass is 32.1. The maximum atomic E-state index is 9.25. The molecule has 1 heterocycles. The summed E-state index contributed by atoms with van der Waals surface area (Å²) in [5, 5.41) is 15.0. The highest BCUT2D eigenvalue weighted by molar-refractivity contribution is 7.10. The molecule has 0 radical (unpaired) electrons. The molecule has 1 N–H and O–H groups in total. The van der Waals surface area contributed by atoms with Gasteiger partial charge in [-0.2, -0.15) is 5.26 Å². The first-order chi connectivity index (χ1) is 10.7. The number of nitrogens with zero attached hydrogens (tertiary/aromatic N) is 2. The number of ether oxygens (including phenoxy) is 2. The lowest BCUT2D eigenvalue weighted by Gasteiger charge is -2.11. The van der Waals surface area contributed by atoms with Gasteiger partial charge in [0.2, 0.25) is 0 Å². The van der Waals surface area contributed by atoms with Crippen LogP contribution < -0.4 is 14.8 Å². The minimum absolute atomic E-state index is 0.492. The molecule has 0 atom stereocenters. The van der Waals surface area contributed by atoms with Crippen LogP contribution in [0.5, 0.6) is 11.5 Å². The van der Waals surface area contributed by atoms with E-state index in [0.29, 0.717) is 28.7 Å². The van der Waals surface area contributed by atoms with E-state index in [4.69, 9.17) is 9.47 Å². The normalized spacial score (nSPS) is 10.9. The van der Waals surface area contributed by atoms with Gasteiger partial charge in [-0.15, -0.1) is 11.3 Å². The third-order valence-electron chi connectivity index (χ3n) is 2.82. The van der Waals surface area contributed by atoms with Crippen LogP contribution in [0, 0.1) is 18.3 Å². The smallest absolute Gasteiger partial charge is 0.162 e. The lowest BCUT2D eigenvalue weighted by Crippen LogP contribution is -1.97. The van der Waals surface area contributed by atoms with E-state index in [9.17, 15) is 5.26 Å². The molecule has 0 spiro atoms. The minimum atomic E-state index is 0.492. The quantitative estimate of drug-likeness (QED) is 0.820. The molecule has 0 aliphatic carbocycles. The van der Waals surface area contributed by atoms with Crippen molar-refractivity contribution < 1.29 is 9.47 Å². The lowest BCUT2D eigenvalue weighted by molar-refractivity contribution is 0.311. The van der Waals surface area contributed by atoms with Crippen molar-refractivity contribution in [1.29, 1.82) is 5.26 Å². The molecule has 0 fully saturated rings. The second-order valence-electron chi connectivity index (χ2n) is 4.41. The van der Waals surface area contributed by atoms with Gasteiger partial charge in [-0.1, -0.05) is 0 Å². The van der Waals surface area contributed by atoms with Crippen LogP contribution in [0.1, 0.15) is 17.6 Å². The number of nitrogens with one attached hydrogen (secondary N) is 1. The average Bonchev–Trinajstić information content (AvgIpc) is 2.95. The Bertz CT molecular complexity index is 716. The van der Waals surface area contributed by atoms with Crippen molar-refractivity contribution in [1.82, 2.24) is 4.98 Å². The zero-order valence-electron chi connectivity index (χ0n) is 12.7. The SMILES string of the molecule is CCOc1ccc(N/C=C(\C#N)c2nc(C)cs2)cc1OC. The van der Waals surface area contributed by atoms with Gasteiger partial charge in [0.25, 0.3) is 0 Å². The number of aromatic nitrogens is 1. The molecule has 2 rings (SSSR count). The Labute approximate surface area is 133 Å². The molecule has 1 aromatic carbocycles. The molecule has 0 unspecified atom stereocenters. The van der Waals surface area contributed by atoms with Gasteiger partial charge in [0.05, 0.1) is 13.7 Å². The molecule has 6 heteroatoms. The minimum Gasteiger partial charge on any atom is -0.493 e. The van der Waals surface area contributed by atoms with Crippen molar-refractivity contribution >= 4 is 22.6 Å². The van der Waals surface area contributed by atoms with Crippen LogP contribution in [0.4, 0.5) is 5.69 Å². The van der Waals surface area contributed by atoms with E-state index in [-0.39, 0.29) is 0 Å². The number of allylic oxidation sites excluding steroid dienone is 1. The Morgan fingerprint density at radius 3 is 2.86 bits per heavy atom. The predicted octanol–water partition coefficient (Wildman–Crippen LogP) is 3.84. The number of rotatable bonds is 6. The number of benzene rings is 1. The average molecular weight is 315 g/mol. The summed E-state index contributed by atoms with van der Waals surface area (Å²) in [6.07, 6.45) is 1.65. The topological polar surface area (TPSA) is 67.2 Å². The molecule has 0 aliphatic heterocycles. The fourth-order valence-electron chi connectivity index (χ4n) is 1.81. The molecule has 0 saturated carbocycles. The van der Waals surface area contributed by atoms with E-state index in [2.05, 4.69) is 16.4 Å². The molecule has 5 nitrogen and oxygen atoms in total. The Kier molecular flexibility index (Phi) is 5.39. The number of nitriles is 1. The first kappa shape index (κ1) is 15.9. The largest absolute Gasteiger partial charge is 0.493 e. The molecular formula is C16H17N3O2S. The maximum Gasteiger partial charge on any atom is 0.162 e. The van der Waals surface area contributed by atoms with Gasteiger partial charge < -0.3 is 14.8 Å². The van der Waals surface area contributed by atoms with Crippen LogP contribution in [0.25, 0.3) is 5.57 Å². The summed E-state index contributed by atoms with van der Waals surface area (Å²) in [4.78, 5) is 4.31. The predicted molar refractivity (Wildman–Crippen MR) is 88.2 cm³/mol. The van der Waals surface area contributed by atoms with E-state index in [1.54, 1.807) is 13.3 Å². The van der Waals surface area contributed by atoms with Crippen molar-refractivity contribution in [2.45, 2.75) is 13.8 Å². The molecular weight excluding hydrogens is 298 g/mol. The van der Waals surface area contributed by atoms with Crippen LogP contribution >= 0.6 is 11.3 Å². The van der Waals surface area contributed by atoms with Gasteiger partial charge in [0.1, 0.15) is 16.6 Å². The highest BCUT2D eigenvalue weighted by Crippen LogP contribution is 2.30. The number of anilines is 1. The molecule has 2 aromatic rings. The Balaban J connectivity index is 2.19. The van der Waals surface area contributed by atoms with E-state index >= 15 is 0 Å². The van der Waals surface area contributed by atoms with Crippen LogP contribution in [0.3, 0.4) is 0 Å². The Morgan fingerprint density at radius 1 is 1.45 bits per heavy atom. The lowest BCUT2D eigenvalue weighted by atomic mass is 10.2. The van der Waals surface area contributed by atoms with Crippen LogP contribution in [0.2, 0.25) is 0 Å². The molecule has 114 valence electrons. The second kappa shape index (κ2) is 7.48. The summed E-state index contributed by atoms with van der Waals surface area (Å²) in [5.41, 5.74) is 2.20. The van der Waals surface area contributed by atoms with Crippen molar-refractivity contribution in [2.75, 3.05) is 19.0 Å². The third-order valence-corrected chi connectivity index (χ3v) is 3.81. The number of thiazole rings is 1. The molecule has 0 saturated heterocycles. The van der Waals surface area contributed by atoms with Crippen LogP contribution in [-0.4, -0.2) is 18.7 Å². The van der Waals surface area contributed by atoms with Crippen LogP contribution in [0.15, 0.2) is 29.8 Å². The third kappa shape index (κ3) is 3.77. The van der Waals surface area contributed by atoms with Gasteiger partial charge in [-0.05, 0) is 26.0 Å². The summed E-state index contributed by atoms with van der Waals surface area (Å²) in [7, 11) is 1.59. The van der Waals surface area contributed by atoms with Crippen molar-refractivity contribution in [3.63, 3.8) is 0 Å². The van der Waals surface area contributed by atoms with Gasteiger partial charge in [-0.3, -0.25) is 0 Å². The Morgan fingerprint density at radius 2 is 2.27 bits per heavy atom. The zero-order chi connectivity index (χ0) is 15.9. The summed E-state index contributed by atoms with van der Waals surface area (Å²) in [5.74, 6) is 1.33. The number of hydrogen-bond donors (Lipinski definition) is 1. The van der Waals surface area contributed by atoms with Gasteiger partial charge in [0, 0.05) is 29.0 Å². The second-order valence-corrected chi connectivity index (χ2v) is 5.26. The number of methoxy groups -OCH3 is 1. The molecule has 0 bridgehead atoms. The standard InChI is InChI=1S/C16H17N3O2S/c1-4-21-14-6-5-13(7-15(14)20-3)18-9-12(8-17)16-19-11(2)10-22-16/h5-7,9-10,18H,4H2,1-3H3/b12-9+. The molecule has 22 heavy (non-hydrogen) atoms. The molecule has 0 aliphatic rings. The van der Waals surface area contributed by atoms with Gasteiger partial charge >= 0.3 is 0 Å². The molecule has 1 aromatic heterocycles. The fraction of sp³-hybridized carbons (Fsp3) is 0.250. The van der Waals surface area contributed by atoms with Crippen molar-refractivity contribution in [3.8, 4) is 17.6 Å². The van der Waals surface area contributed by atoms with E-state index < -0.39 is 0 Å². The van der Waals surface area contributed by atoms with Crippen molar-refractivity contribution in [3.05, 3.63) is 40.5 Å². The van der Waals surface area contributed by atoms with E-state index in [0.717, 1.165) is 11.4 Å². The number of aryl methyl sites for hydroxylation is 1. The highest BCUT2D eigenvalue weighted by Gasteiger charge is 2.07. The molecule has 0 amide bonds. The van der Waals surface area contributed by atoms with E-state index in [1.165, 1.54) is 11.3 Å². The van der Waals surface area contributed by atoms with Gasteiger partial charge in [-0.25, -0.2) is 4.98 Å². The van der Waals surface area contributed by atoms with E-state index in [1.807, 2.05) is 37.4 Å². The van der Waals surface area contributed by atoms with Gasteiger partial charge in [0.15, 0.2) is 11.5 Å². The summed E-state index contributed by atoms with van der Waals surface area (Å²) in [6, 6.07) is 7.67. The van der Waals surface area contributed by atoms with Crippen LogP contribution in [-0.2, 0) is 0 Å². The first-order valence-electron chi connectivity index (χ1n) is 6.78. The first-order valence-corrected chi connectivity index (χ1v) is 7.66. The number of hydrogen-bond acceptors (Lipinski definition) is 6.